The Bertz CT molecular complexity index is 703. The molecule has 0 aliphatic rings. The molecule has 1 atom stereocenters. The van der Waals surface area contributed by atoms with Crippen LogP contribution in [0.15, 0.2) is 63.9 Å². The minimum absolute atomic E-state index is 0.112. The second kappa shape index (κ2) is 5.17. The van der Waals surface area contributed by atoms with Gasteiger partial charge in [-0.05, 0) is 38.3 Å². The van der Waals surface area contributed by atoms with Crippen molar-refractivity contribution in [1.29, 1.82) is 0 Å². The zero-order valence-electron chi connectivity index (χ0n) is 10.1. The summed E-state index contributed by atoms with van der Waals surface area (Å²) in [5, 5.41) is 2.38. The second-order valence-corrected chi connectivity index (χ2v) is 5.04. The summed E-state index contributed by atoms with van der Waals surface area (Å²) in [4.78, 5) is 0. The van der Waals surface area contributed by atoms with E-state index in [4.69, 9.17) is 10.3 Å². The van der Waals surface area contributed by atoms with Crippen LogP contribution in [0.3, 0.4) is 0 Å². The van der Waals surface area contributed by atoms with Crippen molar-refractivity contribution in [3.63, 3.8) is 0 Å². The standard InChI is InChI=1S/C15H13BrN2O/c16-15-13(8-9-19-15)14(18-17)12-7-3-5-10-4-1-2-6-11(10)12/h1-9,14,18H,17H2. The molecule has 0 aliphatic carbocycles. The van der Waals surface area contributed by atoms with E-state index in [1.165, 1.54) is 10.8 Å². The van der Waals surface area contributed by atoms with Crippen LogP contribution in [0.2, 0.25) is 0 Å². The van der Waals surface area contributed by atoms with E-state index in [-0.39, 0.29) is 6.04 Å². The minimum atomic E-state index is -0.112. The smallest absolute Gasteiger partial charge is 0.174 e. The van der Waals surface area contributed by atoms with Gasteiger partial charge in [-0.3, -0.25) is 5.84 Å². The molecular weight excluding hydrogens is 304 g/mol. The molecular formula is C15H13BrN2O. The Labute approximate surface area is 119 Å². The summed E-state index contributed by atoms with van der Waals surface area (Å²) in [6.45, 7) is 0. The van der Waals surface area contributed by atoms with Crippen molar-refractivity contribution in [2.24, 2.45) is 5.84 Å². The molecule has 0 amide bonds. The van der Waals surface area contributed by atoms with Gasteiger partial charge in [-0.1, -0.05) is 42.5 Å². The fourth-order valence-electron chi connectivity index (χ4n) is 2.36. The Morgan fingerprint density at radius 2 is 1.79 bits per heavy atom. The van der Waals surface area contributed by atoms with Gasteiger partial charge >= 0.3 is 0 Å². The van der Waals surface area contributed by atoms with Crippen molar-refractivity contribution in [2.45, 2.75) is 6.04 Å². The summed E-state index contributed by atoms with van der Waals surface area (Å²) in [5.74, 6) is 5.74. The van der Waals surface area contributed by atoms with Crippen LogP contribution in [0.25, 0.3) is 10.8 Å². The minimum Gasteiger partial charge on any atom is -0.457 e. The second-order valence-electron chi connectivity index (χ2n) is 4.32. The van der Waals surface area contributed by atoms with E-state index in [9.17, 15) is 0 Å². The lowest BCUT2D eigenvalue weighted by atomic mass is 9.96. The predicted molar refractivity (Wildman–Crippen MR) is 79.5 cm³/mol. The number of fused-ring (bicyclic) bond motifs is 1. The zero-order chi connectivity index (χ0) is 13.2. The van der Waals surface area contributed by atoms with Crippen LogP contribution >= 0.6 is 15.9 Å². The van der Waals surface area contributed by atoms with Gasteiger partial charge in [0, 0.05) is 5.56 Å². The molecule has 0 radical (unpaired) electrons. The average Bonchev–Trinajstić information content (AvgIpc) is 2.86. The number of nitrogens with one attached hydrogen (secondary N) is 1. The normalized spacial score (nSPS) is 12.7. The average molecular weight is 317 g/mol. The highest BCUT2D eigenvalue weighted by molar-refractivity contribution is 9.10. The van der Waals surface area contributed by atoms with Crippen LogP contribution in [-0.4, -0.2) is 0 Å². The maximum Gasteiger partial charge on any atom is 0.174 e. The molecule has 4 heteroatoms. The number of hydrogen-bond acceptors (Lipinski definition) is 3. The molecule has 1 heterocycles. The molecule has 3 rings (SSSR count). The molecule has 96 valence electrons. The Morgan fingerprint density at radius 1 is 1.00 bits per heavy atom. The topological polar surface area (TPSA) is 51.2 Å². The first-order valence-corrected chi connectivity index (χ1v) is 6.77. The third kappa shape index (κ3) is 2.18. The van der Waals surface area contributed by atoms with Gasteiger partial charge in [0.05, 0.1) is 12.3 Å². The largest absolute Gasteiger partial charge is 0.457 e. The van der Waals surface area contributed by atoms with Crippen LogP contribution in [0.5, 0.6) is 0 Å². The summed E-state index contributed by atoms with van der Waals surface area (Å²) in [5.41, 5.74) is 4.98. The Morgan fingerprint density at radius 3 is 2.53 bits per heavy atom. The monoisotopic (exact) mass is 316 g/mol. The molecule has 2 aromatic carbocycles. The van der Waals surface area contributed by atoms with Gasteiger partial charge in [0.15, 0.2) is 4.67 Å². The molecule has 3 nitrogen and oxygen atoms in total. The number of hydrogen-bond donors (Lipinski definition) is 2. The SMILES string of the molecule is NNC(c1ccoc1Br)c1cccc2ccccc12. The van der Waals surface area contributed by atoms with Crippen molar-refractivity contribution >= 4 is 26.7 Å². The van der Waals surface area contributed by atoms with E-state index in [0.29, 0.717) is 4.67 Å². The van der Waals surface area contributed by atoms with E-state index in [0.717, 1.165) is 11.1 Å². The third-order valence-electron chi connectivity index (χ3n) is 3.26. The number of furan rings is 1. The molecule has 1 aromatic heterocycles. The lowest BCUT2D eigenvalue weighted by Crippen LogP contribution is -2.28. The lowest BCUT2D eigenvalue weighted by molar-refractivity contribution is 0.527. The van der Waals surface area contributed by atoms with E-state index >= 15 is 0 Å². The van der Waals surface area contributed by atoms with Gasteiger partial charge in [-0.2, -0.15) is 0 Å². The summed E-state index contributed by atoms with van der Waals surface area (Å²) in [6.07, 6.45) is 1.65. The quantitative estimate of drug-likeness (QED) is 0.571. The van der Waals surface area contributed by atoms with Crippen molar-refractivity contribution in [2.75, 3.05) is 0 Å². The number of rotatable bonds is 3. The van der Waals surface area contributed by atoms with Crippen molar-refractivity contribution in [1.82, 2.24) is 5.43 Å². The molecule has 0 saturated heterocycles. The molecule has 0 saturated carbocycles. The van der Waals surface area contributed by atoms with Crippen LogP contribution < -0.4 is 11.3 Å². The highest BCUT2D eigenvalue weighted by atomic mass is 79.9. The van der Waals surface area contributed by atoms with Gasteiger partial charge in [0.2, 0.25) is 0 Å². The van der Waals surface area contributed by atoms with E-state index in [2.05, 4.69) is 45.6 Å². The summed E-state index contributed by atoms with van der Waals surface area (Å²) in [7, 11) is 0. The van der Waals surface area contributed by atoms with E-state index < -0.39 is 0 Å². The summed E-state index contributed by atoms with van der Waals surface area (Å²) < 4.78 is 6.00. The van der Waals surface area contributed by atoms with Crippen LogP contribution in [-0.2, 0) is 0 Å². The number of hydrazine groups is 1. The molecule has 1 unspecified atom stereocenters. The first-order chi connectivity index (χ1) is 9.31. The van der Waals surface area contributed by atoms with Gasteiger partial charge in [0.25, 0.3) is 0 Å². The predicted octanol–water partition coefficient (Wildman–Crippen LogP) is 3.75. The Kier molecular flexibility index (Phi) is 3.38. The molecule has 0 aliphatic heterocycles. The lowest BCUT2D eigenvalue weighted by Gasteiger charge is -2.17. The van der Waals surface area contributed by atoms with E-state index in [1.807, 2.05) is 24.3 Å². The van der Waals surface area contributed by atoms with Gasteiger partial charge in [0.1, 0.15) is 0 Å². The highest BCUT2D eigenvalue weighted by Crippen LogP contribution is 2.32. The fourth-order valence-corrected chi connectivity index (χ4v) is 2.83. The maximum absolute atomic E-state index is 5.74. The fraction of sp³-hybridized carbons (Fsp3) is 0.0667. The summed E-state index contributed by atoms with van der Waals surface area (Å²) in [6, 6.07) is 16.3. The van der Waals surface area contributed by atoms with Crippen molar-refractivity contribution in [3.05, 3.63) is 70.6 Å². The van der Waals surface area contributed by atoms with Gasteiger partial charge < -0.3 is 4.42 Å². The van der Waals surface area contributed by atoms with Gasteiger partial charge in [-0.15, -0.1) is 0 Å². The molecule has 0 fully saturated rings. The van der Waals surface area contributed by atoms with Crippen LogP contribution in [0.4, 0.5) is 0 Å². The number of nitrogens with two attached hydrogens (primary N) is 1. The van der Waals surface area contributed by atoms with Crippen molar-refractivity contribution in [3.8, 4) is 0 Å². The third-order valence-corrected chi connectivity index (χ3v) is 3.90. The van der Waals surface area contributed by atoms with Crippen LogP contribution in [0.1, 0.15) is 17.2 Å². The summed E-state index contributed by atoms with van der Waals surface area (Å²) >= 11 is 3.41. The van der Waals surface area contributed by atoms with Crippen LogP contribution in [0, 0.1) is 0 Å². The van der Waals surface area contributed by atoms with Gasteiger partial charge in [-0.25, -0.2) is 5.43 Å². The Hall–Kier alpha value is -1.62. The maximum atomic E-state index is 5.74. The van der Waals surface area contributed by atoms with Crippen molar-refractivity contribution < 1.29 is 4.42 Å². The first-order valence-electron chi connectivity index (χ1n) is 5.98. The molecule has 19 heavy (non-hydrogen) atoms. The zero-order valence-corrected chi connectivity index (χ0v) is 11.7. The molecule has 3 aromatic rings. The first kappa shape index (κ1) is 12.4. The number of benzene rings is 2. The highest BCUT2D eigenvalue weighted by Gasteiger charge is 2.19. The number of halogens is 1. The molecule has 0 bridgehead atoms. The van der Waals surface area contributed by atoms with E-state index in [1.54, 1.807) is 6.26 Å². The molecule has 3 N–H and O–H groups in total. The molecule has 0 spiro atoms. The Balaban J connectivity index is 2.20.